The first-order valence-electron chi connectivity index (χ1n) is 6.07. The second-order valence-corrected chi connectivity index (χ2v) is 5.24. The highest BCUT2D eigenvalue weighted by atomic mass is 35.5. The molecule has 0 saturated carbocycles. The quantitative estimate of drug-likeness (QED) is 0.879. The highest BCUT2D eigenvalue weighted by molar-refractivity contribution is 6.33. The molecule has 104 valence electrons. The summed E-state index contributed by atoms with van der Waals surface area (Å²) in [6.45, 7) is 0.469. The predicted molar refractivity (Wildman–Crippen MR) is 83.4 cm³/mol. The summed E-state index contributed by atoms with van der Waals surface area (Å²) in [5.41, 5.74) is 1.56. The number of benzene rings is 2. The number of halogens is 2. The van der Waals surface area contributed by atoms with E-state index in [0.717, 1.165) is 5.56 Å². The zero-order valence-electron chi connectivity index (χ0n) is 10.9. The van der Waals surface area contributed by atoms with Crippen molar-refractivity contribution >= 4 is 34.9 Å². The van der Waals surface area contributed by atoms with Crippen LogP contribution in [-0.4, -0.2) is 18.0 Å². The van der Waals surface area contributed by atoms with Crippen molar-refractivity contribution in [3.05, 3.63) is 64.1 Å². The van der Waals surface area contributed by atoms with Crippen molar-refractivity contribution in [1.82, 2.24) is 4.90 Å². The Morgan fingerprint density at radius 2 is 1.90 bits per heavy atom. The van der Waals surface area contributed by atoms with Gasteiger partial charge >= 0.3 is 6.03 Å². The van der Waals surface area contributed by atoms with Gasteiger partial charge in [0.05, 0.1) is 10.7 Å². The standard InChI is InChI=1S/C15H14Cl2N2O/c1-19(10-11-5-4-6-12(16)9-11)15(20)18-14-8-3-2-7-13(14)17/h2-9H,10H2,1H3,(H,18,20). The number of nitrogens with one attached hydrogen (secondary N) is 1. The topological polar surface area (TPSA) is 32.3 Å². The first-order chi connectivity index (χ1) is 9.56. The van der Waals surface area contributed by atoms with Crippen molar-refractivity contribution in [3.63, 3.8) is 0 Å². The Morgan fingerprint density at radius 1 is 1.15 bits per heavy atom. The van der Waals surface area contributed by atoms with Gasteiger partial charge in [0, 0.05) is 18.6 Å². The van der Waals surface area contributed by atoms with Crippen LogP contribution in [0.5, 0.6) is 0 Å². The Kier molecular flexibility index (Phi) is 4.88. The van der Waals surface area contributed by atoms with E-state index in [2.05, 4.69) is 5.32 Å². The number of carbonyl (C=O) groups is 1. The maximum atomic E-state index is 12.1. The monoisotopic (exact) mass is 308 g/mol. The van der Waals surface area contributed by atoms with E-state index in [1.807, 2.05) is 30.3 Å². The number of anilines is 1. The molecule has 2 amide bonds. The van der Waals surface area contributed by atoms with Gasteiger partial charge in [-0.05, 0) is 29.8 Å². The third-order valence-corrected chi connectivity index (χ3v) is 3.34. The van der Waals surface area contributed by atoms with Gasteiger partial charge < -0.3 is 10.2 Å². The fourth-order valence-corrected chi connectivity index (χ4v) is 2.15. The van der Waals surface area contributed by atoms with Gasteiger partial charge in [0.15, 0.2) is 0 Å². The van der Waals surface area contributed by atoms with E-state index in [-0.39, 0.29) is 6.03 Å². The average Bonchev–Trinajstić information content (AvgIpc) is 2.41. The van der Waals surface area contributed by atoms with Crippen molar-refractivity contribution in [2.24, 2.45) is 0 Å². The largest absolute Gasteiger partial charge is 0.323 e. The van der Waals surface area contributed by atoms with E-state index < -0.39 is 0 Å². The summed E-state index contributed by atoms with van der Waals surface area (Å²) in [5.74, 6) is 0. The second kappa shape index (κ2) is 6.64. The number of hydrogen-bond acceptors (Lipinski definition) is 1. The number of carbonyl (C=O) groups excluding carboxylic acids is 1. The normalized spacial score (nSPS) is 10.2. The molecule has 0 atom stereocenters. The molecule has 3 nitrogen and oxygen atoms in total. The van der Waals surface area contributed by atoms with Crippen molar-refractivity contribution in [2.45, 2.75) is 6.54 Å². The molecular weight excluding hydrogens is 295 g/mol. The molecule has 0 unspecified atom stereocenters. The van der Waals surface area contributed by atoms with Crippen LogP contribution < -0.4 is 5.32 Å². The van der Waals surface area contributed by atoms with E-state index in [9.17, 15) is 4.79 Å². The van der Waals surface area contributed by atoms with Crippen LogP contribution in [0.15, 0.2) is 48.5 Å². The molecule has 0 spiro atoms. The molecule has 0 bridgehead atoms. The molecule has 0 saturated heterocycles. The molecule has 0 aliphatic carbocycles. The van der Waals surface area contributed by atoms with Crippen LogP contribution >= 0.6 is 23.2 Å². The molecule has 0 radical (unpaired) electrons. The summed E-state index contributed by atoms with van der Waals surface area (Å²) >= 11 is 11.9. The summed E-state index contributed by atoms with van der Waals surface area (Å²) in [6, 6.07) is 14.3. The van der Waals surface area contributed by atoms with E-state index >= 15 is 0 Å². The van der Waals surface area contributed by atoms with Crippen LogP contribution in [0.1, 0.15) is 5.56 Å². The van der Waals surface area contributed by atoms with Gasteiger partial charge in [-0.3, -0.25) is 0 Å². The SMILES string of the molecule is CN(Cc1cccc(Cl)c1)C(=O)Nc1ccccc1Cl. The highest BCUT2D eigenvalue weighted by Crippen LogP contribution is 2.21. The lowest BCUT2D eigenvalue weighted by atomic mass is 10.2. The van der Waals surface area contributed by atoms with Crippen LogP contribution in [0.3, 0.4) is 0 Å². The zero-order chi connectivity index (χ0) is 14.5. The molecule has 2 rings (SSSR count). The molecule has 5 heteroatoms. The molecular formula is C15H14Cl2N2O. The molecule has 0 aliphatic rings. The molecule has 1 N–H and O–H groups in total. The number of para-hydroxylation sites is 1. The number of nitrogens with zero attached hydrogens (tertiary/aromatic N) is 1. The lowest BCUT2D eigenvalue weighted by Crippen LogP contribution is -2.30. The van der Waals surface area contributed by atoms with Crippen LogP contribution in [0.25, 0.3) is 0 Å². The van der Waals surface area contributed by atoms with Gasteiger partial charge in [0.2, 0.25) is 0 Å². The molecule has 0 heterocycles. The first kappa shape index (κ1) is 14.7. The van der Waals surface area contributed by atoms with Crippen molar-refractivity contribution in [2.75, 3.05) is 12.4 Å². The predicted octanol–water partition coefficient (Wildman–Crippen LogP) is 4.66. The highest BCUT2D eigenvalue weighted by Gasteiger charge is 2.11. The molecule has 20 heavy (non-hydrogen) atoms. The Bertz CT molecular complexity index is 616. The molecule has 0 aliphatic heterocycles. The first-order valence-corrected chi connectivity index (χ1v) is 6.83. The summed E-state index contributed by atoms with van der Waals surface area (Å²) in [6.07, 6.45) is 0. The van der Waals surface area contributed by atoms with Crippen molar-refractivity contribution in [3.8, 4) is 0 Å². The fourth-order valence-electron chi connectivity index (χ4n) is 1.75. The third kappa shape index (κ3) is 3.89. The maximum Gasteiger partial charge on any atom is 0.321 e. The van der Waals surface area contributed by atoms with Crippen molar-refractivity contribution < 1.29 is 4.79 Å². The Hall–Kier alpha value is -1.71. The number of rotatable bonds is 3. The lowest BCUT2D eigenvalue weighted by Gasteiger charge is -2.18. The third-order valence-electron chi connectivity index (χ3n) is 2.77. The Labute approximate surface area is 128 Å². The molecule has 0 aromatic heterocycles. The zero-order valence-corrected chi connectivity index (χ0v) is 12.4. The van der Waals surface area contributed by atoms with Crippen LogP contribution in [0.4, 0.5) is 10.5 Å². The minimum Gasteiger partial charge on any atom is -0.323 e. The van der Waals surface area contributed by atoms with Crippen LogP contribution in [-0.2, 0) is 6.54 Å². The van der Waals surface area contributed by atoms with Crippen molar-refractivity contribution in [1.29, 1.82) is 0 Å². The fraction of sp³-hybridized carbons (Fsp3) is 0.133. The summed E-state index contributed by atoms with van der Waals surface area (Å²) in [4.78, 5) is 13.6. The van der Waals surface area contributed by atoms with Gasteiger partial charge in [-0.15, -0.1) is 0 Å². The van der Waals surface area contributed by atoms with Gasteiger partial charge in [-0.25, -0.2) is 4.79 Å². The number of amides is 2. The smallest absolute Gasteiger partial charge is 0.321 e. The minimum atomic E-state index is -0.224. The maximum absolute atomic E-state index is 12.1. The van der Waals surface area contributed by atoms with E-state index in [1.54, 1.807) is 30.1 Å². The van der Waals surface area contributed by atoms with Gasteiger partial charge in [0.1, 0.15) is 0 Å². The van der Waals surface area contributed by atoms with E-state index in [0.29, 0.717) is 22.3 Å². The Morgan fingerprint density at radius 3 is 2.60 bits per heavy atom. The summed E-state index contributed by atoms with van der Waals surface area (Å²) < 4.78 is 0. The van der Waals surface area contributed by atoms with Crippen LogP contribution in [0, 0.1) is 0 Å². The number of hydrogen-bond donors (Lipinski definition) is 1. The molecule has 0 fully saturated rings. The number of urea groups is 1. The second-order valence-electron chi connectivity index (χ2n) is 4.40. The van der Waals surface area contributed by atoms with E-state index in [1.165, 1.54) is 0 Å². The molecule has 2 aromatic rings. The molecule has 2 aromatic carbocycles. The van der Waals surface area contributed by atoms with Gasteiger partial charge in [0.25, 0.3) is 0 Å². The lowest BCUT2D eigenvalue weighted by molar-refractivity contribution is 0.220. The minimum absolute atomic E-state index is 0.224. The van der Waals surface area contributed by atoms with Gasteiger partial charge in [-0.1, -0.05) is 47.5 Å². The summed E-state index contributed by atoms with van der Waals surface area (Å²) in [5, 5.41) is 3.93. The van der Waals surface area contributed by atoms with Gasteiger partial charge in [-0.2, -0.15) is 0 Å². The van der Waals surface area contributed by atoms with Crippen LogP contribution in [0.2, 0.25) is 10.0 Å². The summed E-state index contributed by atoms with van der Waals surface area (Å²) in [7, 11) is 1.72. The Balaban J connectivity index is 2.01. The van der Waals surface area contributed by atoms with E-state index in [4.69, 9.17) is 23.2 Å². The average molecular weight is 309 g/mol.